The smallest absolute Gasteiger partial charge is 0.0929 e. The maximum absolute atomic E-state index is 8.89. The fourth-order valence-corrected chi connectivity index (χ4v) is 2.90. The largest absolute Gasteiger partial charge is 0.371 e. The van der Waals surface area contributed by atoms with Crippen LogP contribution in [0.5, 0.6) is 0 Å². The Hall–Kier alpha value is -1.64. The van der Waals surface area contributed by atoms with Gasteiger partial charge in [0.05, 0.1) is 31.5 Å². The van der Waals surface area contributed by atoms with Gasteiger partial charge in [-0.1, -0.05) is 6.08 Å². The lowest BCUT2D eigenvalue weighted by molar-refractivity contribution is 0.143. The lowest BCUT2D eigenvalue weighted by Gasteiger charge is -2.25. The quantitative estimate of drug-likeness (QED) is 0.436. The third kappa shape index (κ3) is 3.34. The van der Waals surface area contributed by atoms with Crippen LogP contribution in [0.15, 0.2) is 12.7 Å². The molecule has 5 nitrogen and oxygen atoms in total. The van der Waals surface area contributed by atoms with Crippen molar-refractivity contribution >= 4 is 0 Å². The zero-order valence-corrected chi connectivity index (χ0v) is 12.4. The summed E-state index contributed by atoms with van der Waals surface area (Å²) in [5.41, 5.74) is 3.67. The van der Waals surface area contributed by atoms with Crippen molar-refractivity contribution in [2.24, 2.45) is 5.92 Å². The van der Waals surface area contributed by atoms with Crippen molar-refractivity contribution in [2.45, 2.75) is 39.0 Å². The highest BCUT2D eigenvalue weighted by Gasteiger charge is 2.28. The maximum Gasteiger partial charge on any atom is 0.0929 e. The third-order valence-corrected chi connectivity index (χ3v) is 4.19. The van der Waals surface area contributed by atoms with Crippen LogP contribution in [0, 0.1) is 17.2 Å². The van der Waals surface area contributed by atoms with E-state index < -0.39 is 0 Å². The van der Waals surface area contributed by atoms with Crippen molar-refractivity contribution in [3.8, 4) is 6.07 Å². The highest BCUT2D eigenvalue weighted by Crippen LogP contribution is 2.32. The van der Waals surface area contributed by atoms with E-state index in [4.69, 9.17) is 15.1 Å². The molecule has 5 heteroatoms. The molecular formula is C16H22N4O. The van der Waals surface area contributed by atoms with Gasteiger partial charge in [-0.3, -0.25) is 9.58 Å². The van der Waals surface area contributed by atoms with Crippen LogP contribution in [-0.2, 0) is 30.9 Å². The molecule has 112 valence electrons. The number of fused-ring (bicyclic) bond motifs is 1. The van der Waals surface area contributed by atoms with Crippen LogP contribution in [0.4, 0.5) is 0 Å². The summed E-state index contributed by atoms with van der Waals surface area (Å²) in [7, 11) is 0. The summed E-state index contributed by atoms with van der Waals surface area (Å²) < 4.78 is 7.78. The molecule has 1 aliphatic heterocycles. The summed E-state index contributed by atoms with van der Waals surface area (Å²) in [6.45, 7) is 8.05. The topological polar surface area (TPSA) is 54.1 Å². The Balaban J connectivity index is 1.79. The highest BCUT2D eigenvalue weighted by atomic mass is 16.5. The Morgan fingerprint density at radius 3 is 3.05 bits per heavy atom. The number of ether oxygens (including phenoxy) is 1. The number of rotatable bonds is 7. The van der Waals surface area contributed by atoms with Crippen molar-refractivity contribution in [3.63, 3.8) is 0 Å². The molecule has 0 spiro atoms. The standard InChI is InChI=1S/C16H22N4O/c1-2-9-21-12-15-14-11-19(8-6-17)7-5-16(14)20(18-15)10-13-3-4-13/h2,13H,1,3-5,7-12H2. The van der Waals surface area contributed by atoms with Crippen molar-refractivity contribution < 1.29 is 4.74 Å². The van der Waals surface area contributed by atoms with E-state index in [0.717, 1.165) is 37.7 Å². The van der Waals surface area contributed by atoms with Crippen LogP contribution in [0.1, 0.15) is 29.8 Å². The van der Waals surface area contributed by atoms with E-state index in [9.17, 15) is 0 Å². The summed E-state index contributed by atoms with van der Waals surface area (Å²) in [6, 6.07) is 2.24. The molecule has 1 aliphatic carbocycles. The molecule has 1 fully saturated rings. The second-order valence-corrected chi connectivity index (χ2v) is 5.92. The monoisotopic (exact) mass is 286 g/mol. The number of nitrogens with zero attached hydrogens (tertiary/aromatic N) is 4. The predicted molar refractivity (Wildman–Crippen MR) is 79.4 cm³/mol. The maximum atomic E-state index is 8.89. The normalized spacial score (nSPS) is 18.2. The lowest BCUT2D eigenvalue weighted by atomic mass is 10.1. The summed E-state index contributed by atoms with van der Waals surface area (Å²) in [5.74, 6) is 0.813. The van der Waals surface area contributed by atoms with E-state index in [2.05, 4.69) is 22.2 Å². The Kier molecular flexibility index (Phi) is 4.37. The van der Waals surface area contributed by atoms with Crippen molar-refractivity contribution in [1.29, 1.82) is 5.26 Å². The minimum atomic E-state index is 0.486. The molecular weight excluding hydrogens is 264 g/mol. The van der Waals surface area contributed by atoms with Crippen LogP contribution in [0.2, 0.25) is 0 Å². The average Bonchev–Trinajstić information content (AvgIpc) is 3.23. The van der Waals surface area contributed by atoms with E-state index in [1.807, 2.05) is 0 Å². The van der Waals surface area contributed by atoms with Gasteiger partial charge in [-0.2, -0.15) is 10.4 Å². The fourth-order valence-electron chi connectivity index (χ4n) is 2.90. The second-order valence-electron chi connectivity index (χ2n) is 5.92. The van der Waals surface area contributed by atoms with Gasteiger partial charge >= 0.3 is 0 Å². The minimum Gasteiger partial charge on any atom is -0.371 e. The van der Waals surface area contributed by atoms with E-state index >= 15 is 0 Å². The van der Waals surface area contributed by atoms with Gasteiger partial charge < -0.3 is 4.74 Å². The first-order valence-corrected chi connectivity index (χ1v) is 7.67. The fraction of sp³-hybridized carbons (Fsp3) is 0.625. The van der Waals surface area contributed by atoms with Gasteiger partial charge in [0.15, 0.2) is 0 Å². The Morgan fingerprint density at radius 1 is 1.48 bits per heavy atom. The van der Waals surface area contributed by atoms with E-state index in [1.54, 1.807) is 6.08 Å². The van der Waals surface area contributed by atoms with E-state index in [0.29, 0.717) is 19.8 Å². The third-order valence-electron chi connectivity index (χ3n) is 4.19. The SMILES string of the molecule is C=CCOCc1nn(CC2CC2)c2c1CN(CC#N)CC2. The molecule has 1 aromatic rings. The summed E-state index contributed by atoms with van der Waals surface area (Å²) >= 11 is 0. The van der Waals surface area contributed by atoms with Crippen LogP contribution in [0.3, 0.4) is 0 Å². The number of nitriles is 1. The van der Waals surface area contributed by atoms with Crippen molar-refractivity contribution in [2.75, 3.05) is 19.7 Å². The molecule has 2 heterocycles. The van der Waals surface area contributed by atoms with Gasteiger partial charge in [0.2, 0.25) is 0 Å². The molecule has 0 atom stereocenters. The zero-order valence-electron chi connectivity index (χ0n) is 12.4. The van der Waals surface area contributed by atoms with Crippen molar-refractivity contribution in [1.82, 2.24) is 14.7 Å². The molecule has 0 amide bonds. The second kappa shape index (κ2) is 6.42. The first kappa shape index (κ1) is 14.3. The first-order valence-electron chi connectivity index (χ1n) is 7.67. The summed E-state index contributed by atoms with van der Waals surface area (Å²) in [6.07, 6.45) is 5.41. The van der Waals surface area contributed by atoms with Gasteiger partial charge in [-0.05, 0) is 18.8 Å². The number of aromatic nitrogens is 2. The molecule has 1 aromatic heterocycles. The molecule has 0 radical (unpaired) electrons. The van der Waals surface area contributed by atoms with Gasteiger partial charge in [0, 0.05) is 37.3 Å². The molecule has 0 saturated heterocycles. The van der Waals surface area contributed by atoms with Gasteiger partial charge in [-0.25, -0.2) is 0 Å². The number of hydrogen-bond acceptors (Lipinski definition) is 4. The Labute approximate surface area is 125 Å². The Morgan fingerprint density at radius 2 is 2.33 bits per heavy atom. The van der Waals surface area contributed by atoms with Gasteiger partial charge in [-0.15, -0.1) is 6.58 Å². The van der Waals surface area contributed by atoms with Crippen LogP contribution < -0.4 is 0 Å². The molecule has 0 aromatic carbocycles. The Bertz CT molecular complexity index is 553. The summed E-state index contributed by atoms with van der Waals surface area (Å²) in [5, 5.41) is 13.7. The highest BCUT2D eigenvalue weighted by molar-refractivity contribution is 5.29. The van der Waals surface area contributed by atoms with Crippen LogP contribution >= 0.6 is 0 Å². The molecule has 2 aliphatic rings. The molecule has 0 N–H and O–H groups in total. The predicted octanol–water partition coefficient (Wildman–Crippen LogP) is 1.88. The van der Waals surface area contributed by atoms with Gasteiger partial charge in [0.25, 0.3) is 0 Å². The first-order chi connectivity index (χ1) is 10.3. The summed E-state index contributed by atoms with van der Waals surface area (Å²) in [4.78, 5) is 2.18. The molecule has 21 heavy (non-hydrogen) atoms. The van der Waals surface area contributed by atoms with Crippen molar-refractivity contribution in [3.05, 3.63) is 29.6 Å². The lowest BCUT2D eigenvalue weighted by Crippen LogP contribution is -2.31. The number of hydrogen-bond donors (Lipinski definition) is 0. The molecule has 3 rings (SSSR count). The van der Waals surface area contributed by atoms with E-state index in [-0.39, 0.29) is 0 Å². The minimum absolute atomic E-state index is 0.486. The average molecular weight is 286 g/mol. The molecule has 0 unspecified atom stereocenters. The van der Waals surface area contributed by atoms with E-state index in [1.165, 1.54) is 24.1 Å². The van der Waals surface area contributed by atoms with Crippen LogP contribution in [0.25, 0.3) is 0 Å². The van der Waals surface area contributed by atoms with Crippen LogP contribution in [-0.4, -0.2) is 34.4 Å². The molecule has 1 saturated carbocycles. The molecule has 0 bridgehead atoms. The van der Waals surface area contributed by atoms with Gasteiger partial charge in [0.1, 0.15) is 0 Å². The zero-order chi connectivity index (χ0) is 14.7.